The summed E-state index contributed by atoms with van der Waals surface area (Å²) in [6, 6.07) is 0. The van der Waals surface area contributed by atoms with E-state index in [4.69, 9.17) is 24.1 Å². The molecule has 0 aromatic rings. The summed E-state index contributed by atoms with van der Waals surface area (Å²) in [6.45, 7) is 6.39. The minimum Gasteiger partial charge on any atom is -0.481 e. The van der Waals surface area contributed by atoms with Gasteiger partial charge in [-0.15, -0.1) is 0 Å². The van der Waals surface area contributed by atoms with Crippen molar-refractivity contribution >= 4 is 29.1 Å². The van der Waals surface area contributed by atoms with E-state index in [2.05, 4.69) is 0 Å². The van der Waals surface area contributed by atoms with Gasteiger partial charge >= 0.3 is 5.97 Å². The summed E-state index contributed by atoms with van der Waals surface area (Å²) in [4.78, 5) is 57.4. The molecule has 10 heteroatoms. The second-order valence-electron chi connectivity index (χ2n) is 12.3. The van der Waals surface area contributed by atoms with E-state index in [1.807, 2.05) is 0 Å². The van der Waals surface area contributed by atoms with Crippen LogP contribution in [0.15, 0.2) is 0 Å². The number of unbranched alkanes of at least 4 members (excludes halogenated alkanes) is 11. The molecule has 0 bridgehead atoms. The van der Waals surface area contributed by atoms with Crippen molar-refractivity contribution in [2.45, 2.75) is 142 Å². The number of ether oxygens (including phenoxy) is 4. The molecule has 0 aromatic carbocycles. The van der Waals surface area contributed by atoms with Crippen LogP contribution in [0.3, 0.4) is 0 Å². The molecule has 46 heavy (non-hydrogen) atoms. The number of rotatable bonds is 37. The largest absolute Gasteiger partial charge is 0.481 e. The highest BCUT2D eigenvalue weighted by Crippen LogP contribution is 2.15. The first-order chi connectivity index (χ1) is 22.2. The van der Waals surface area contributed by atoms with Gasteiger partial charge in [-0.05, 0) is 39.5 Å². The molecule has 0 heterocycles. The monoisotopic (exact) mass is 656 g/mol. The average molecular weight is 657 g/mol. The van der Waals surface area contributed by atoms with Gasteiger partial charge in [0.1, 0.15) is 23.1 Å². The van der Waals surface area contributed by atoms with Gasteiger partial charge in [0.25, 0.3) is 0 Å². The lowest BCUT2D eigenvalue weighted by Crippen LogP contribution is -2.18. The lowest BCUT2D eigenvalue weighted by molar-refractivity contribution is -0.137. The first-order valence-electron chi connectivity index (χ1n) is 17.8. The highest BCUT2D eigenvalue weighted by Gasteiger charge is 2.18. The minimum absolute atomic E-state index is 0.0217. The first kappa shape index (κ1) is 44.0. The average Bonchev–Trinajstić information content (AvgIpc) is 3.00. The van der Waals surface area contributed by atoms with Crippen molar-refractivity contribution < 1.29 is 48.0 Å². The van der Waals surface area contributed by atoms with E-state index in [9.17, 15) is 24.0 Å². The Hall–Kier alpha value is -2.01. The Bertz CT molecular complexity index is 798. The molecule has 1 N–H and O–H groups in total. The van der Waals surface area contributed by atoms with Crippen LogP contribution in [-0.2, 0) is 42.9 Å². The van der Waals surface area contributed by atoms with Crippen LogP contribution in [0.4, 0.5) is 0 Å². The zero-order chi connectivity index (χ0) is 34.1. The number of aliphatic carboxylic acids is 1. The van der Waals surface area contributed by atoms with Gasteiger partial charge in [0.15, 0.2) is 0 Å². The number of carboxylic acids is 1. The molecule has 0 rings (SSSR count). The highest BCUT2D eigenvalue weighted by atomic mass is 16.6. The van der Waals surface area contributed by atoms with Crippen LogP contribution in [0.2, 0.25) is 0 Å². The maximum absolute atomic E-state index is 12.1. The molecule has 0 saturated heterocycles. The molecule has 0 aromatic heterocycles. The predicted octanol–water partition coefficient (Wildman–Crippen LogP) is 6.87. The molecule has 1 atom stereocenters. The Balaban J connectivity index is 3.35. The van der Waals surface area contributed by atoms with Crippen LogP contribution < -0.4 is 0 Å². The molecule has 0 aliphatic rings. The summed E-state index contributed by atoms with van der Waals surface area (Å²) >= 11 is 0. The topological polar surface area (TPSA) is 143 Å². The molecule has 0 aliphatic heterocycles. The normalized spacial score (nSPS) is 11.9. The number of ketones is 4. The summed E-state index contributed by atoms with van der Waals surface area (Å²) in [5.41, 5.74) is 0. The van der Waals surface area contributed by atoms with Crippen molar-refractivity contribution in [2.24, 2.45) is 5.92 Å². The molecule has 0 spiro atoms. The fourth-order valence-corrected chi connectivity index (χ4v) is 5.01. The Kier molecular flexibility index (Phi) is 31.5. The lowest BCUT2D eigenvalue weighted by Gasteiger charge is -2.12. The fraction of sp³-hybridized carbons (Fsp3) is 0.861. The second kappa shape index (κ2) is 32.9. The van der Waals surface area contributed by atoms with Gasteiger partial charge in [-0.1, -0.05) is 64.2 Å². The molecule has 0 fully saturated rings. The fourth-order valence-electron chi connectivity index (χ4n) is 5.01. The van der Waals surface area contributed by atoms with Crippen molar-refractivity contribution in [2.75, 3.05) is 52.9 Å². The summed E-state index contributed by atoms with van der Waals surface area (Å²) in [7, 11) is 0. The number of carbonyl (C=O) groups excluding carboxylic acids is 4. The van der Waals surface area contributed by atoms with Gasteiger partial charge in [0.05, 0.1) is 46.2 Å². The molecule has 0 saturated carbocycles. The van der Waals surface area contributed by atoms with Crippen molar-refractivity contribution in [1.82, 2.24) is 0 Å². The van der Waals surface area contributed by atoms with E-state index in [0.717, 1.165) is 38.5 Å². The van der Waals surface area contributed by atoms with Gasteiger partial charge < -0.3 is 28.8 Å². The van der Waals surface area contributed by atoms with Crippen LogP contribution in [0.5, 0.6) is 0 Å². The van der Waals surface area contributed by atoms with E-state index in [-0.39, 0.29) is 42.7 Å². The molecule has 0 radical (unpaired) electrons. The molecular weight excluding hydrogens is 592 g/mol. The smallest absolute Gasteiger partial charge is 0.303 e. The van der Waals surface area contributed by atoms with Crippen LogP contribution >= 0.6 is 0 Å². The third kappa shape index (κ3) is 33.4. The third-order valence-electron chi connectivity index (χ3n) is 7.88. The molecule has 0 unspecified atom stereocenters. The standard InChI is InChI=1S/C36H64O10/c1-31(37)19-20-33(32(2)38)30-35(40)21-23-44-25-27-46-29-28-45-26-24-43-22-15-17-34(39)16-13-11-9-7-5-3-4-6-8-10-12-14-18-36(41)42/h33H,3-30H2,1-2H3,(H,41,42)/t33-/m1/s1. The highest BCUT2D eigenvalue weighted by molar-refractivity contribution is 5.87. The van der Waals surface area contributed by atoms with Gasteiger partial charge in [-0.25, -0.2) is 0 Å². The van der Waals surface area contributed by atoms with Gasteiger partial charge in [-0.3, -0.25) is 19.2 Å². The van der Waals surface area contributed by atoms with Gasteiger partial charge in [0.2, 0.25) is 0 Å². The van der Waals surface area contributed by atoms with E-state index < -0.39 is 5.97 Å². The summed E-state index contributed by atoms with van der Waals surface area (Å²) < 4.78 is 21.9. The summed E-state index contributed by atoms with van der Waals surface area (Å²) in [5.74, 6) is -0.836. The number of Topliss-reactive ketones (excluding diaryl/α,β-unsaturated/α-hetero) is 4. The number of carbonyl (C=O) groups is 5. The Morgan fingerprint density at radius 1 is 0.457 bits per heavy atom. The molecule has 0 aliphatic carbocycles. The molecule has 10 nitrogen and oxygen atoms in total. The van der Waals surface area contributed by atoms with E-state index in [1.165, 1.54) is 58.8 Å². The molecule has 268 valence electrons. The van der Waals surface area contributed by atoms with E-state index in [1.54, 1.807) is 0 Å². The maximum atomic E-state index is 12.1. The maximum Gasteiger partial charge on any atom is 0.303 e. The van der Waals surface area contributed by atoms with Crippen LogP contribution in [0.25, 0.3) is 0 Å². The zero-order valence-corrected chi connectivity index (χ0v) is 29.0. The van der Waals surface area contributed by atoms with E-state index in [0.29, 0.717) is 84.1 Å². The third-order valence-corrected chi connectivity index (χ3v) is 7.88. The summed E-state index contributed by atoms with van der Waals surface area (Å²) in [6.07, 6.45) is 17.2. The predicted molar refractivity (Wildman–Crippen MR) is 178 cm³/mol. The van der Waals surface area contributed by atoms with Crippen molar-refractivity contribution in [3.8, 4) is 0 Å². The van der Waals surface area contributed by atoms with Crippen molar-refractivity contribution in [1.29, 1.82) is 0 Å². The van der Waals surface area contributed by atoms with Gasteiger partial charge in [0, 0.05) is 51.0 Å². The Morgan fingerprint density at radius 2 is 0.870 bits per heavy atom. The molecule has 0 amide bonds. The number of carboxylic acid groups (broad SMARTS) is 1. The van der Waals surface area contributed by atoms with Crippen LogP contribution in [0.1, 0.15) is 142 Å². The minimum atomic E-state index is -0.694. The Labute approximate surface area is 278 Å². The molecular formula is C36H64O10. The summed E-state index contributed by atoms with van der Waals surface area (Å²) in [5, 5.41) is 8.62. The zero-order valence-electron chi connectivity index (χ0n) is 29.0. The van der Waals surface area contributed by atoms with E-state index >= 15 is 0 Å². The van der Waals surface area contributed by atoms with Crippen LogP contribution in [-0.4, -0.2) is 87.1 Å². The Morgan fingerprint density at radius 3 is 1.33 bits per heavy atom. The lowest BCUT2D eigenvalue weighted by atomic mass is 9.92. The van der Waals surface area contributed by atoms with Crippen molar-refractivity contribution in [3.63, 3.8) is 0 Å². The van der Waals surface area contributed by atoms with Crippen molar-refractivity contribution in [3.05, 3.63) is 0 Å². The first-order valence-corrected chi connectivity index (χ1v) is 17.8. The quantitative estimate of drug-likeness (QED) is 0.0704. The number of hydrogen-bond acceptors (Lipinski definition) is 9. The second-order valence-corrected chi connectivity index (χ2v) is 12.3. The number of hydrogen-bond donors (Lipinski definition) is 1. The SMILES string of the molecule is CC(=O)CC[C@H](CC(=O)CCOCCOCCOCCOCCCC(=O)CCCCCCCCCCCCCCC(=O)O)C(C)=O. The van der Waals surface area contributed by atoms with Crippen LogP contribution in [0, 0.1) is 5.92 Å². The van der Waals surface area contributed by atoms with Gasteiger partial charge in [-0.2, -0.15) is 0 Å².